The van der Waals surface area contributed by atoms with Gasteiger partial charge in [-0.15, -0.1) is 0 Å². The van der Waals surface area contributed by atoms with E-state index < -0.39 is 12.0 Å². The number of allylic oxidation sites excluding steroid dienone is 1. The van der Waals surface area contributed by atoms with E-state index in [0.717, 1.165) is 14.7 Å². The molecular formula is C27H20ClIN2O4S. The Morgan fingerprint density at radius 3 is 2.58 bits per heavy atom. The highest BCUT2D eigenvalue weighted by atomic mass is 127. The summed E-state index contributed by atoms with van der Waals surface area (Å²) >= 11 is 9.61. The van der Waals surface area contributed by atoms with Gasteiger partial charge in [0, 0.05) is 20.2 Å². The van der Waals surface area contributed by atoms with Gasteiger partial charge in [0.25, 0.3) is 5.56 Å². The molecule has 2 aromatic heterocycles. The molecule has 0 unspecified atom stereocenters. The number of esters is 1. The highest BCUT2D eigenvalue weighted by molar-refractivity contribution is 14.1. The molecule has 0 bridgehead atoms. The van der Waals surface area contributed by atoms with Crippen molar-refractivity contribution in [2.45, 2.75) is 19.9 Å². The molecule has 0 amide bonds. The number of hydrogen-bond donors (Lipinski definition) is 0. The normalized spacial score (nSPS) is 15.6. The zero-order valence-electron chi connectivity index (χ0n) is 19.3. The summed E-state index contributed by atoms with van der Waals surface area (Å²) in [5.74, 6) is 0.768. The minimum Gasteiger partial charge on any atom is -0.463 e. The molecule has 2 aromatic carbocycles. The number of ether oxygens (including phenoxy) is 1. The molecule has 1 aliphatic heterocycles. The Bertz CT molecular complexity index is 1660. The monoisotopic (exact) mass is 630 g/mol. The average molecular weight is 631 g/mol. The maximum Gasteiger partial charge on any atom is 0.338 e. The fourth-order valence-corrected chi connectivity index (χ4v) is 5.59. The third kappa shape index (κ3) is 4.72. The molecule has 5 rings (SSSR count). The summed E-state index contributed by atoms with van der Waals surface area (Å²) in [6.07, 6.45) is 1.71. The first kappa shape index (κ1) is 24.7. The number of furan rings is 1. The molecule has 3 heterocycles. The topological polar surface area (TPSA) is 73.8 Å². The number of thiazole rings is 1. The van der Waals surface area contributed by atoms with Crippen LogP contribution >= 0.6 is 45.5 Å². The molecule has 182 valence electrons. The lowest BCUT2D eigenvalue weighted by Crippen LogP contribution is -2.39. The predicted molar refractivity (Wildman–Crippen MR) is 149 cm³/mol. The van der Waals surface area contributed by atoms with Crippen LogP contribution in [-0.2, 0) is 9.53 Å². The van der Waals surface area contributed by atoms with E-state index in [2.05, 4.69) is 27.6 Å². The van der Waals surface area contributed by atoms with Gasteiger partial charge in [-0.05, 0) is 78.4 Å². The van der Waals surface area contributed by atoms with Gasteiger partial charge in [0.1, 0.15) is 11.5 Å². The Hall–Kier alpha value is -2.95. The van der Waals surface area contributed by atoms with E-state index in [1.807, 2.05) is 48.5 Å². The maximum atomic E-state index is 13.7. The van der Waals surface area contributed by atoms with Crippen LogP contribution in [-0.4, -0.2) is 17.1 Å². The summed E-state index contributed by atoms with van der Waals surface area (Å²) < 4.78 is 14.5. The second-order valence-electron chi connectivity index (χ2n) is 8.06. The van der Waals surface area contributed by atoms with Crippen LogP contribution in [0.2, 0.25) is 5.02 Å². The number of carbonyl (C=O) groups is 1. The second kappa shape index (κ2) is 10.2. The Balaban J connectivity index is 1.63. The van der Waals surface area contributed by atoms with Crippen LogP contribution in [0.15, 0.2) is 86.1 Å². The summed E-state index contributed by atoms with van der Waals surface area (Å²) in [5.41, 5.74) is 2.27. The van der Waals surface area contributed by atoms with Crippen LogP contribution in [0.4, 0.5) is 0 Å². The van der Waals surface area contributed by atoms with Gasteiger partial charge in [-0.3, -0.25) is 9.36 Å². The van der Waals surface area contributed by atoms with Crippen molar-refractivity contribution in [3.05, 3.63) is 112 Å². The lowest BCUT2D eigenvalue weighted by Gasteiger charge is -2.24. The van der Waals surface area contributed by atoms with Crippen LogP contribution in [0.1, 0.15) is 31.2 Å². The molecule has 6 nitrogen and oxygen atoms in total. The number of fused-ring (bicyclic) bond motifs is 1. The number of carbonyl (C=O) groups excluding carboxylic acids is 1. The van der Waals surface area contributed by atoms with Crippen molar-refractivity contribution in [2.24, 2.45) is 4.99 Å². The van der Waals surface area contributed by atoms with Gasteiger partial charge < -0.3 is 9.15 Å². The maximum absolute atomic E-state index is 13.7. The van der Waals surface area contributed by atoms with Gasteiger partial charge in [0.05, 0.1) is 28.5 Å². The molecule has 4 aromatic rings. The van der Waals surface area contributed by atoms with Crippen LogP contribution in [0, 0.1) is 3.57 Å². The summed E-state index contributed by atoms with van der Waals surface area (Å²) in [6.45, 7) is 3.72. The molecule has 0 fully saturated rings. The van der Waals surface area contributed by atoms with Crippen molar-refractivity contribution in [3.63, 3.8) is 0 Å². The Morgan fingerprint density at radius 1 is 1.17 bits per heavy atom. The number of hydrogen-bond acceptors (Lipinski definition) is 6. The first-order chi connectivity index (χ1) is 17.4. The minimum absolute atomic E-state index is 0.217. The smallest absolute Gasteiger partial charge is 0.338 e. The predicted octanol–water partition coefficient (Wildman–Crippen LogP) is 5.32. The largest absolute Gasteiger partial charge is 0.463 e. The Kier molecular flexibility index (Phi) is 7.00. The van der Waals surface area contributed by atoms with E-state index in [1.54, 1.807) is 36.6 Å². The lowest BCUT2D eigenvalue weighted by molar-refractivity contribution is -0.139. The van der Waals surface area contributed by atoms with Crippen molar-refractivity contribution in [2.75, 3.05) is 6.61 Å². The van der Waals surface area contributed by atoms with Gasteiger partial charge >= 0.3 is 5.97 Å². The van der Waals surface area contributed by atoms with Crippen molar-refractivity contribution in [1.29, 1.82) is 0 Å². The summed E-state index contributed by atoms with van der Waals surface area (Å²) in [4.78, 5) is 31.7. The standard InChI is InChI=1S/C27H20ClIN2O4S/c1-3-34-26(33)23-15(2)30-27-31(24(23)17-4-8-18(28)9-5-17)25(32)22(36-27)14-20-12-13-21(35-20)16-6-10-19(29)11-7-16/h4-14,24H,3H2,1-2H3/b22-14-/t24-/m1/s1. The third-order valence-corrected chi connectivity index (χ3v) is 7.69. The van der Waals surface area contributed by atoms with Crippen LogP contribution in [0.3, 0.4) is 0 Å². The summed E-state index contributed by atoms with van der Waals surface area (Å²) in [7, 11) is 0. The molecule has 36 heavy (non-hydrogen) atoms. The van der Waals surface area contributed by atoms with E-state index >= 15 is 0 Å². The van der Waals surface area contributed by atoms with Gasteiger partial charge in [0.2, 0.25) is 0 Å². The van der Waals surface area contributed by atoms with Crippen molar-refractivity contribution in [3.8, 4) is 11.3 Å². The second-order valence-corrected chi connectivity index (χ2v) is 10.8. The van der Waals surface area contributed by atoms with Gasteiger partial charge in [-0.2, -0.15) is 0 Å². The minimum atomic E-state index is -0.682. The van der Waals surface area contributed by atoms with Crippen LogP contribution < -0.4 is 14.9 Å². The molecular weight excluding hydrogens is 611 g/mol. The fraction of sp³-hybridized carbons (Fsp3) is 0.148. The SMILES string of the molecule is CCOC(=O)C1=C(C)N=c2s/c(=C\c3ccc(-c4ccc(I)cc4)o3)c(=O)n2[C@@H]1c1ccc(Cl)cc1. The van der Waals surface area contributed by atoms with E-state index in [4.69, 9.17) is 20.8 Å². The number of aromatic nitrogens is 1. The van der Waals surface area contributed by atoms with Gasteiger partial charge in [-0.1, -0.05) is 47.2 Å². The van der Waals surface area contributed by atoms with Crippen molar-refractivity contribution < 1.29 is 13.9 Å². The van der Waals surface area contributed by atoms with Crippen molar-refractivity contribution in [1.82, 2.24) is 4.57 Å². The molecule has 0 saturated heterocycles. The highest BCUT2D eigenvalue weighted by Crippen LogP contribution is 2.31. The highest BCUT2D eigenvalue weighted by Gasteiger charge is 2.33. The molecule has 1 aliphatic rings. The van der Waals surface area contributed by atoms with E-state index in [0.29, 0.717) is 37.1 Å². The molecule has 1 atom stereocenters. The molecule has 0 aliphatic carbocycles. The van der Waals surface area contributed by atoms with Crippen LogP contribution in [0.25, 0.3) is 17.4 Å². The Morgan fingerprint density at radius 2 is 1.89 bits per heavy atom. The molecule has 9 heteroatoms. The lowest BCUT2D eigenvalue weighted by atomic mass is 9.96. The first-order valence-electron chi connectivity index (χ1n) is 11.2. The quantitative estimate of drug-likeness (QED) is 0.221. The number of nitrogens with zero attached hydrogens (tertiary/aromatic N) is 2. The molecule has 0 saturated carbocycles. The van der Waals surface area contributed by atoms with Crippen LogP contribution in [0.5, 0.6) is 0 Å². The number of rotatable bonds is 5. The Labute approximate surface area is 229 Å². The average Bonchev–Trinajstić information content (AvgIpc) is 3.44. The zero-order valence-corrected chi connectivity index (χ0v) is 23.1. The molecule has 0 N–H and O–H groups in total. The molecule has 0 radical (unpaired) electrons. The number of halogens is 2. The zero-order chi connectivity index (χ0) is 25.4. The number of benzene rings is 2. The fourth-order valence-electron chi connectivity index (χ4n) is 4.08. The first-order valence-corrected chi connectivity index (χ1v) is 13.4. The van der Waals surface area contributed by atoms with Gasteiger partial charge in [-0.25, -0.2) is 9.79 Å². The summed E-state index contributed by atoms with van der Waals surface area (Å²) in [5, 5.41) is 0.561. The van der Waals surface area contributed by atoms with Crippen molar-refractivity contribution >= 4 is 57.6 Å². The third-order valence-electron chi connectivity index (χ3n) is 5.73. The van der Waals surface area contributed by atoms with E-state index in [1.165, 1.54) is 11.3 Å². The van der Waals surface area contributed by atoms with Gasteiger partial charge in [0.15, 0.2) is 4.80 Å². The van der Waals surface area contributed by atoms with E-state index in [-0.39, 0.29) is 12.2 Å². The summed E-state index contributed by atoms with van der Waals surface area (Å²) in [6, 6.07) is 18.1. The molecule has 0 spiro atoms. The van der Waals surface area contributed by atoms with E-state index in [9.17, 15) is 9.59 Å².